The highest BCUT2D eigenvalue weighted by Crippen LogP contribution is 2.32. The monoisotopic (exact) mass is 322 g/mol. The normalized spacial score (nSPS) is 16.2. The molecule has 110 valence electrons. The van der Waals surface area contributed by atoms with Crippen molar-refractivity contribution in [2.75, 3.05) is 0 Å². The van der Waals surface area contributed by atoms with E-state index in [1.54, 1.807) is 11.3 Å². The molecule has 3 rings (SSSR count). The highest BCUT2D eigenvalue weighted by atomic mass is 32.1. The van der Waals surface area contributed by atoms with Crippen LogP contribution in [0, 0.1) is 0 Å². The highest BCUT2D eigenvalue weighted by molar-refractivity contribution is 7.20. The van der Waals surface area contributed by atoms with Crippen molar-refractivity contribution in [2.45, 2.75) is 31.2 Å². The fourth-order valence-corrected chi connectivity index (χ4v) is 3.93. The molecule has 0 unspecified atom stereocenters. The van der Waals surface area contributed by atoms with Crippen LogP contribution in [0.4, 0.5) is 0 Å². The number of carboxylic acids is 1. The Balaban J connectivity index is 1.64. The van der Waals surface area contributed by atoms with Crippen molar-refractivity contribution in [2.24, 2.45) is 0 Å². The van der Waals surface area contributed by atoms with Gasteiger partial charge in [-0.1, -0.05) is 6.07 Å². The molecule has 1 aliphatic carbocycles. The zero-order valence-corrected chi connectivity index (χ0v) is 12.8. The van der Waals surface area contributed by atoms with Gasteiger partial charge in [0, 0.05) is 5.38 Å². The van der Waals surface area contributed by atoms with E-state index in [-0.39, 0.29) is 12.3 Å². The second-order valence-corrected chi connectivity index (χ2v) is 6.89. The number of carboxylic acid groups (broad SMARTS) is 1. The molecule has 0 spiro atoms. The largest absolute Gasteiger partial charge is 0.480 e. The number of thiazole rings is 1. The van der Waals surface area contributed by atoms with Crippen LogP contribution in [0.25, 0.3) is 9.88 Å². The van der Waals surface area contributed by atoms with Crippen molar-refractivity contribution < 1.29 is 14.7 Å². The van der Waals surface area contributed by atoms with Crippen LogP contribution in [-0.4, -0.2) is 27.5 Å². The lowest BCUT2D eigenvalue weighted by Gasteiger charge is -2.38. The highest BCUT2D eigenvalue weighted by Gasteiger charge is 2.45. The zero-order valence-electron chi connectivity index (χ0n) is 11.2. The summed E-state index contributed by atoms with van der Waals surface area (Å²) in [5.74, 6) is -1.22. The van der Waals surface area contributed by atoms with Gasteiger partial charge in [-0.3, -0.25) is 4.79 Å². The number of carbonyl (C=O) groups is 2. The lowest BCUT2D eigenvalue weighted by molar-refractivity contribution is -0.151. The molecule has 21 heavy (non-hydrogen) atoms. The minimum Gasteiger partial charge on any atom is -0.480 e. The van der Waals surface area contributed by atoms with Crippen molar-refractivity contribution in [3.63, 3.8) is 0 Å². The van der Waals surface area contributed by atoms with Crippen LogP contribution < -0.4 is 5.32 Å². The van der Waals surface area contributed by atoms with Crippen molar-refractivity contribution in [3.8, 4) is 9.88 Å². The molecule has 7 heteroatoms. The number of aromatic nitrogens is 1. The fourth-order valence-electron chi connectivity index (χ4n) is 2.30. The van der Waals surface area contributed by atoms with E-state index in [4.69, 9.17) is 0 Å². The van der Waals surface area contributed by atoms with Gasteiger partial charge >= 0.3 is 5.97 Å². The maximum atomic E-state index is 12.0. The first-order valence-electron chi connectivity index (χ1n) is 6.62. The first-order chi connectivity index (χ1) is 10.1. The average Bonchev–Trinajstić information content (AvgIpc) is 3.03. The molecule has 0 radical (unpaired) electrons. The van der Waals surface area contributed by atoms with Gasteiger partial charge < -0.3 is 10.4 Å². The van der Waals surface area contributed by atoms with Gasteiger partial charge in [-0.15, -0.1) is 22.7 Å². The Morgan fingerprint density at radius 2 is 2.19 bits per heavy atom. The summed E-state index contributed by atoms with van der Waals surface area (Å²) in [4.78, 5) is 28.7. The fraction of sp³-hybridized carbons (Fsp3) is 0.357. The standard InChI is InChI=1S/C14H14N2O3S2/c17-11(16-14(13(18)19)4-2-5-14)7-9-8-21-12(15-9)10-3-1-6-20-10/h1,3,6,8H,2,4-5,7H2,(H,16,17)(H,18,19). The second-order valence-electron chi connectivity index (χ2n) is 5.09. The zero-order chi connectivity index (χ0) is 14.9. The van der Waals surface area contributed by atoms with E-state index in [0.717, 1.165) is 16.3 Å². The van der Waals surface area contributed by atoms with Gasteiger partial charge in [0.25, 0.3) is 0 Å². The average molecular weight is 322 g/mol. The van der Waals surface area contributed by atoms with Gasteiger partial charge in [-0.2, -0.15) is 0 Å². The summed E-state index contributed by atoms with van der Waals surface area (Å²) in [6, 6.07) is 3.95. The number of amides is 1. The van der Waals surface area contributed by atoms with Gasteiger partial charge in [0.2, 0.25) is 5.91 Å². The predicted octanol–water partition coefficient (Wildman–Crippen LogP) is 2.54. The first kappa shape index (κ1) is 14.2. The number of thiophene rings is 1. The Labute approximate surface area is 129 Å². The lowest BCUT2D eigenvalue weighted by Crippen LogP contribution is -2.59. The minimum atomic E-state index is -1.05. The first-order valence-corrected chi connectivity index (χ1v) is 8.38. The van der Waals surface area contributed by atoms with Crippen molar-refractivity contribution in [1.29, 1.82) is 0 Å². The SMILES string of the molecule is O=C(Cc1csc(-c2cccs2)n1)NC1(C(=O)O)CCC1. The molecule has 2 aromatic heterocycles. The molecule has 0 aromatic carbocycles. The van der Waals surface area contributed by atoms with Crippen LogP contribution in [0.5, 0.6) is 0 Å². The molecule has 2 aromatic rings. The number of aliphatic carboxylic acids is 1. The number of nitrogens with zero attached hydrogens (tertiary/aromatic N) is 1. The van der Waals surface area contributed by atoms with Crippen LogP contribution in [-0.2, 0) is 16.0 Å². The number of carbonyl (C=O) groups excluding carboxylic acids is 1. The molecule has 1 aliphatic rings. The third-order valence-corrected chi connectivity index (χ3v) is 5.55. The van der Waals surface area contributed by atoms with E-state index < -0.39 is 11.5 Å². The van der Waals surface area contributed by atoms with Crippen molar-refractivity contribution >= 4 is 34.6 Å². The summed E-state index contributed by atoms with van der Waals surface area (Å²) in [6.45, 7) is 0. The lowest BCUT2D eigenvalue weighted by atomic mass is 9.76. The van der Waals surface area contributed by atoms with Crippen LogP contribution in [0.15, 0.2) is 22.9 Å². The molecule has 0 bridgehead atoms. The summed E-state index contributed by atoms with van der Waals surface area (Å²) in [5.41, 5.74) is -0.371. The third kappa shape index (κ3) is 2.84. The summed E-state index contributed by atoms with van der Waals surface area (Å²) in [6.07, 6.45) is 1.97. The van der Waals surface area contributed by atoms with Gasteiger partial charge in [-0.05, 0) is 30.7 Å². The molecule has 1 fully saturated rings. The van der Waals surface area contributed by atoms with Crippen LogP contribution in [0.3, 0.4) is 0 Å². The Hall–Kier alpha value is -1.73. The number of hydrogen-bond donors (Lipinski definition) is 2. The van der Waals surface area contributed by atoms with E-state index >= 15 is 0 Å². The molecule has 1 saturated carbocycles. The second kappa shape index (κ2) is 5.57. The summed E-state index contributed by atoms with van der Waals surface area (Å²) < 4.78 is 0. The number of nitrogens with one attached hydrogen (secondary N) is 1. The Bertz CT molecular complexity index is 660. The summed E-state index contributed by atoms with van der Waals surface area (Å²) in [5, 5.41) is 16.6. The molecule has 2 N–H and O–H groups in total. The predicted molar refractivity (Wildman–Crippen MR) is 81.5 cm³/mol. The maximum Gasteiger partial charge on any atom is 0.329 e. The van der Waals surface area contributed by atoms with Crippen LogP contribution in [0.1, 0.15) is 25.0 Å². The summed E-state index contributed by atoms with van der Waals surface area (Å²) >= 11 is 3.10. The van der Waals surface area contributed by atoms with Crippen molar-refractivity contribution in [1.82, 2.24) is 10.3 Å². The van der Waals surface area contributed by atoms with E-state index in [2.05, 4.69) is 10.3 Å². The quantitative estimate of drug-likeness (QED) is 0.886. The smallest absolute Gasteiger partial charge is 0.329 e. The molecular weight excluding hydrogens is 308 g/mol. The maximum absolute atomic E-state index is 12.0. The molecule has 2 heterocycles. The van der Waals surface area contributed by atoms with Gasteiger partial charge in [0.1, 0.15) is 10.5 Å². The number of rotatable bonds is 5. The van der Waals surface area contributed by atoms with Crippen LogP contribution in [0.2, 0.25) is 0 Å². The van der Waals surface area contributed by atoms with Crippen LogP contribution >= 0.6 is 22.7 Å². The van der Waals surface area contributed by atoms with Crippen molar-refractivity contribution in [3.05, 3.63) is 28.6 Å². The van der Waals surface area contributed by atoms with E-state index in [9.17, 15) is 14.7 Å². The van der Waals surface area contributed by atoms with Gasteiger partial charge in [0.15, 0.2) is 0 Å². The van der Waals surface area contributed by atoms with E-state index in [1.807, 2.05) is 22.9 Å². The molecule has 0 atom stereocenters. The Morgan fingerprint density at radius 3 is 2.76 bits per heavy atom. The molecule has 1 amide bonds. The topological polar surface area (TPSA) is 79.3 Å². The summed E-state index contributed by atoms with van der Waals surface area (Å²) in [7, 11) is 0. The van der Waals surface area contributed by atoms with E-state index in [1.165, 1.54) is 11.3 Å². The van der Waals surface area contributed by atoms with E-state index in [0.29, 0.717) is 18.5 Å². The Morgan fingerprint density at radius 1 is 1.38 bits per heavy atom. The molecule has 0 saturated heterocycles. The Kier molecular flexibility index (Phi) is 3.77. The molecular formula is C14H14N2O3S2. The molecule has 0 aliphatic heterocycles. The molecule has 5 nitrogen and oxygen atoms in total. The third-order valence-electron chi connectivity index (χ3n) is 3.62. The van der Waals surface area contributed by atoms with Gasteiger partial charge in [0.05, 0.1) is 17.0 Å². The number of hydrogen-bond acceptors (Lipinski definition) is 5. The van der Waals surface area contributed by atoms with Gasteiger partial charge in [-0.25, -0.2) is 9.78 Å². The minimum absolute atomic E-state index is 0.122.